The van der Waals surface area contributed by atoms with E-state index < -0.39 is 23.5 Å². The van der Waals surface area contributed by atoms with Gasteiger partial charge < -0.3 is 10.1 Å². The second-order valence-electron chi connectivity index (χ2n) is 7.48. The third kappa shape index (κ3) is 4.07. The van der Waals surface area contributed by atoms with Crippen LogP contribution in [0.25, 0.3) is 0 Å². The molecule has 1 N–H and O–H groups in total. The normalized spacial score (nSPS) is 19.5. The number of benzene rings is 1. The van der Waals surface area contributed by atoms with Crippen LogP contribution >= 0.6 is 0 Å². The van der Waals surface area contributed by atoms with E-state index in [0.717, 1.165) is 38.5 Å². The Morgan fingerprint density at radius 3 is 2.50 bits per heavy atom. The number of aryl methyl sites for hydroxylation is 2. The number of esters is 1. The number of nitrogens with zero attached hydrogens (tertiary/aromatic N) is 1. The van der Waals surface area contributed by atoms with Crippen molar-refractivity contribution in [3.63, 3.8) is 0 Å². The molecule has 0 aliphatic heterocycles. The standard InChI is InChI=1S/C21H26N2O3/c1-15(19(24)23-21(14-22)11-5-2-6-12-21)26-20(25)18-10-9-16-7-3-4-8-17(16)13-18/h9-10,13,15H,2-8,11-12H2,1H3,(H,23,24)/t15-/m1/s1. The number of hydrogen-bond donors (Lipinski definition) is 1. The molecule has 26 heavy (non-hydrogen) atoms. The van der Waals surface area contributed by atoms with Crippen molar-refractivity contribution in [1.82, 2.24) is 5.32 Å². The molecule has 1 amide bonds. The van der Waals surface area contributed by atoms with Gasteiger partial charge in [-0.2, -0.15) is 5.26 Å². The Labute approximate surface area is 154 Å². The molecule has 0 aromatic heterocycles. The Bertz CT molecular complexity index is 729. The van der Waals surface area contributed by atoms with Gasteiger partial charge in [0.1, 0.15) is 5.54 Å². The summed E-state index contributed by atoms with van der Waals surface area (Å²) in [4.78, 5) is 24.9. The number of rotatable bonds is 4. The van der Waals surface area contributed by atoms with Crippen LogP contribution in [0.1, 0.15) is 73.4 Å². The zero-order valence-electron chi connectivity index (χ0n) is 15.3. The molecule has 3 rings (SSSR count). The number of fused-ring (bicyclic) bond motifs is 1. The van der Waals surface area contributed by atoms with E-state index in [1.807, 2.05) is 12.1 Å². The lowest BCUT2D eigenvalue weighted by molar-refractivity contribution is -0.130. The largest absolute Gasteiger partial charge is 0.449 e. The molecule has 138 valence electrons. The first-order valence-electron chi connectivity index (χ1n) is 9.59. The monoisotopic (exact) mass is 354 g/mol. The van der Waals surface area contributed by atoms with E-state index >= 15 is 0 Å². The molecule has 0 unspecified atom stereocenters. The molecule has 0 spiro atoms. The van der Waals surface area contributed by atoms with Crippen molar-refractivity contribution in [1.29, 1.82) is 5.26 Å². The predicted molar refractivity (Wildman–Crippen MR) is 97.5 cm³/mol. The van der Waals surface area contributed by atoms with Gasteiger partial charge in [0.2, 0.25) is 0 Å². The lowest BCUT2D eigenvalue weighted by Gasteiger charge is -2.32. The fourth-order valence-electron chi connectivity index (χ4n) is 3.90. The van der Waals surface area contributed by atoms with Crippen LogP contribution in [-0.4, -0.2) is 23.5 Å². The summed E-state index contributed by atoms with van der Waals surface area (Å²) in [7, 11) is 0. The van der Waals surface area contributed by atoms with Gasteiger partial charge in [0.05, 0.1) is 11.6 Å². The van der Waals surface area contributed by atoms with E-state index in [4.69, 9.17) is 4.74 Å². The van der Waals surface area contributed by atoms with Gasteiger partial charge >= 0.3 is 5.97 Å². The number of nitriles is 1. The van der Waals surface area contributed by atoms with E-state index in [2.05, 4.69) is 11.4 Å². The van der Waals surface area contributed by atoms with E-state index in [1.165, 1.54) is 17.5 Å². The van der Waals surface area contributed by atoms with E-state index in [-0.39, 0.29) is 0 Å². The molecule has 2 aliphatic carbocycles. The second kappa shape index (κ2) is 7.90. The van der Waals surface area contributed by atoms with Crippen molar-refractivity contribution in [3.8, 4) is 6.07 Å². The zero-order valence-corrected chi connectivity index (χ0v) is 15.3. The molecule has 1 fully saturated rings. The van der Waals surface area contributed by atoms with Crippen molar-refractivity contribution in [3.05, 3.63) is 34.9 Å². The van der Waals surface area contributed by atoms with Crippen molar-refractivity contribution in [2.24, 2.45) is 0 Å². The molecule has 1 aromatic carbocycles. The van der Waals surface area contributed by atoms with Crippen LogP contribution in [-0.2, 0) is 22.4 Å². The number of carbonyl (C=O) groups is 2. The second-order valence-corrected chi connectivity index (χ2v) is 7.48. The summed E-state index contributed by atoms with van der Waals surface area (Å²) in [6.45, 7) is 1.56. The number of amides is 1. The van der Waals surface area contributed by atoms with Crippen LogP contribution in [0.4, 0.5) is 0 Å². The van der Waals surface area contributed by atoms with Gasteiger partial charge in [-0.15, -0.1) is 0 Å². The molecule has 1 aromatic rings. The summed E-state index contributed by atoms with van der Waals surface area (Å²) in [5.41, 5.74) is 2.17. The van der Waals surface area contributed by atoms with Gasteiger partial charge in [-0.25, -0.2) is 4.79 Å². The highest BCUT2D eigenvalue weighted by molar-refractivity contribution is 5.92. The number of ether oxygens (including phenoxy) is 1. The molecule has 0 bridgehead atoms. The van der Waals surface area contributed by atoms with Crippen molar-refractivity contribution in [2.75, 3.05) is 0 Å². The number of carbonyl (C=O) groups excluding carboxylic acids is 2. The van der Waals surface area contributed by atoms with Crippen LogP contribution in [0.5, 0.6) is 0 Å². The Hall–Kier alpha value is -2.35. The topological polar surface area (TPSA) is 79.2 Å². The molecular formula is C21H26N2O3. The van der Waals surface area contributed by atoms with Crippen LogP contribution in [0.2, 0.25) is 0 Å². The molecular weight excluding hydrogens is 328 g/mol. The molecule has 5 heteroatoms. The highest BCUT2D eigenvalue weighted by Gasteiger charge is 2.35. The minimum absolute atomic E-state index is 0.403. The SMILES string of the molecule is C[C@@H](OC(=O)c1ccc2c(c1)CCCC2)C(=O)NC1(C#N)CCCCC1. The maximum absolute atomic E-state index is 12.4. The quantitative estimate of drug-likeness (QED) is 0.840. The molecule has 2 aliphatic rings. The van der Waals surface area contributed by atoms with Gasteiger partial charge in [-0.1, -0.05) is 25.3 Å². The zero-order chi connectivity index (χ0) is 18.6. The van der Waals surface area contributed by atoms with Crippen LogP contribution in [0, 0.1) is 11.3 Å². The molecule has 5 nitrogen and oxygen atoms in total. The Balaban J connectivity index is 1.61. The van der Waals surface area contributed by atoms with Gasteiger partial charge in [-0.3, -0.25) is 4.79 Å². The van der Waals surface area contributed by atoms with Crippen molar-refractivity contribution >= 4 is 11.9 Å². The first-order valence-corrected chi connectivity index (χ1v) is 9.59. The van der Waals surface area contributed by atoms with E-state index in [9.17, 15) is 14.9 Å². The maximum Gasteiger partial charge on any atom is 0.338 e. The van der Waals surface area contributed by atoms with E-state index in [1.54, 1.807) is 13.0 Å². The summed E-state index contributed by atoms with van der Waals surface area (Å²) in [5, 5.41) is 12.3. The summed E-state index contributed by atoms with van der Waals surface area (Å²) in [5.74, 6) is -0.893. The molecule has 1 saturated carbocycles. The highest BCUT2D eigenvalue weighted by atomic mass is 16.5. The minimum atomic E-state index is -0.925. The maximum atomic E-state index is 12.4. The fraction of sp³-hybridized carbons (Fsp3) is 0.571. The molecule has 1 atom stereocenters. The van der Waals surface area contributed by atoms with Crippen molar-refractivity contribution in [2.45, 2.75) is 76.4 Å². The third-order valence-electron chi connectivity index (χ3n) is 5.52. The van der Waals surface area contributed by atoms with Crippen LogP contribution in [0.15, 0.2) is 18.2 Å². The average Bonchev–Trinajstić information content (AvgIpc) is 2.68. The Morgan fingerprint density at radius 1 is 1.12 bits per heavy atom. The summed E-state index contributed by atoms with van der Waals surface area (Å²) in [6, 6.07) is 7.90. The predicted octanol–water partition coefficient (Wildman–Crippen LogP) is 3.45. The third-order valence-corrected chi connectivity index (χ3v) is 5.52. The van der Waals surface area contributed by atoms with Crippen LogP contribution < -0.4 is 5.32 Å². The van der Waals surface area contributed by atoms with Crippen LogP contribution in [0.3, 0.4) is 0 Å². The average molecular weight is 354 g/mol. The minimum Gasteiger partial charge on any atom is -0.449 e. The van der Waals surface area contributed by atoms with E-state index in [0.29, 0.717) is 18.4 Å². The molecule has 0 radical (unpaired) electrons. The number of hydrogen-bond acceptors (Lipinski definition) is 4. The lowest BCUT2D eigenvalue weighted by Crippen LogP contribution is -2.52. The van der Waals surface area contributed by atoms with Crippen molar-refractivity contribution < 1.29 is 14.3 Å². The number of nitrogens with one attached hydrogen (secondary N) is 1. The van der Waals surface area contributed by atoms with Gasteiger partial charge in [0.25, 0.3) is 5.91 Å². The Kier molecular flexibility index (Phi) is 5.61. The smallest absolute Gasteiger partial charge is 0.338 e. The van der Waals surface area contributed by atoms with Gasteiger partial charge in [-0.05, 0) is 68.7 Å². The first kappa shape index (κ1) is 18.4. The fourth-order valence-corrected chi connectivity index (χ4v) is 3.90. The highest BCUT2D eigenvalue weighted by Crippen LogP contribution is 2.28. The first-order chi connectivity index (χ1) is 12.5. The molecule has 0 heterocycles. The van der Waals surface area contributed by atoms with Gasteiger partial charge in [0, 0.05) is 0 Å². The Morgan fingerprint density at radius 2 is 1.81 bits per heavy atom. The van der Waals surface area contributed by atoms with Gasteiger partial charge in [0.15, 0.2) is 6.10 Å². The molecule has 0 saturated heterocycles. The summed E-state index contributed by atoms with van der Waals surface area (Å²) in [6.07, 6.45) is 7.69. The lowest BCUT2D eigenvalue weighted by atomic mass is 9.83. The summed E-state index contributed by atoms with van der Waals surface area (Å²) < 4.78 is 5.36. The summed E-state index contributed by atoms with van der Waals surface area (Å²) >= 11 is 0.